The van der Waals surface area contributed by atoms with Crippen LogP contribution in [0.25, 0.3) is 0 Å². The van der Waals surface area contributed by atoms with Gasteiger partial charge in [0.15, 0.2) is 0 Å². The van der Waals surface area contributed by atoms with E-state index in [4.69, 9.17) is 22.1 Å². The maximum atomic E-state index is 10.4. The zero-order valence-electron chi connectivity index (χ0n) is 9.34. The summed E-state index contributed by atoms with van der Waals surface area (Å²) in [6.07, 6.45) is 0. The zero-order valence-corrected chi connectivity index (χ0v) is 10.1. The van der Waals surface area contributed by atoms with Crippen LogP contribution in [0, 0.1) is 13.8 Å². The number of hydrogen-bond donors (Lipinski definition) is 2. The molecule has 0 aliphatic carbocycles. The molecule has 0 fully saturated rings. The van der Waals surface area contributed by atoms with E-state index < -0.39 is 6.03 Å². The number of carbonyl (C=O) groups excluding carboxylic acids is 1. The molecule has 2 amide bonds. The Bertz CT molecular complexity index is 371. The van der Waals surface area contributed by atoms with E-state index in [0.29, 0.717) is 13.2 Å². The molecule has 1 aromatic carbocycles. The van der Waals surface area contributed by atoms with E-state index >= 15 is 0 Å². The van der Waals surface area contributed by atoms with Crippen LogP contribution in [0.4, 0.5) is 4.79 Å². The van der Waals surface area contributed by atoms with Crippen molar-refractivity contribution < 1.29 is 9.53 Å². The first-order valence-corrected chi connectivity index (χ1v) is 5.31. The number of nitrogens with one attached hydrogen (secondary N) is 1. The molecule has 0 bridgehead atoms. The summed E-state index contributed by atoms with van der Waals surface area (Å²) in [5, 5.41) is 3.20. The van der Waals surface area contributed by atoms with Crippen molar-refractivity contribution in [3.05, 3.63) is 28.3 Å². The minimum atomic E-state index is -0.549. The van der Waals surface area contributed by atoms with Crippen LogP contribution in [-0.2, 0) is 0 Å². The van der Waals surface area contributed by atoms with Gasteiger partial charge >= 0.3 is 6.03 Å². The Labute approximate surface area is 99.7 Å². The Hall–Kier alpha value is -1.42. The third-order valence-corrected chi connectivity index (χ3v) is 2.68. The summed E-state index contributed by atoms with van der Waals surface area (Å²) in [6.45, 7) is 4.60. The molecule has 3 N–H and O–H groups in total. The van der Waals surface area contributed by atoms with Crippen molar-refractivity contribution >= 4 is 17.6 Å². The Morgan fingerprint density at radius 2 is 2.00 bits per heavy atom. The number of urea groups is 1. The van der Waals surface area contributed by atoms with E-state index in [9.17, 15) is 4.79 Å². The number of carbonyl (C=O) groups is 1. The van der Waals surface area contributed by atoms with E-state index in [1.165, 1.54) is 0 Å². The fourth-order valence-corrected chi connectivity index (χ4v) is 1.44. The SMILES string of the molecule is Cc1cc(OCCNC(N)=O)cc(C)c1Cl. The van der Waals surface area contributed by atoms with E-state index in [1.807, 2.05) is 26.0 Å². The first kappa shape index (κ1) is 12.6. The first-order valence-electron chi connectivity index (χ1n) is 4.93. The molecule has 0 spiro atoms. The summed E-state index contributed by atoms with van der Waals surface area (Å²) >= 11 is 6.02. The highest BCUT2D eigenvalue weighted by Crippen LogP contribution is 2.25. The fourth-order valence-electron chi connectivity index (χ4n) is 1.33. The molecule has 1 rings (SSSR count). The van der Waals surface area contributed by atoms with E-state index in [-0.39, 0.29) is 0 Å². The number of rotatable bonds is 4. The molecule has 5 heteroatoms. The van der Waals surface area contributed by atoms with Crippen molar-refractivity contribution in [3.8, 4) is 5.75 Å². The monoisotopic (exact) mass is 242 g/mol. The maximum absolute atomic E-state index is 10.4. The van der Waals surface area contributed by atoms with Crippen LogP contribution in [0.15, 0.2) is 12.1 Å². The third-order valence-electron chi connectivity index (χ3n) is 2.08. The number of benzene rings is 1. The number of hydrogen-bond acceptors (Lipinski definition) is 2. The predicted molar refractivity (Wildman–Crippen MR) is 64.0 cm³/mol. The molecule has 1 aromatic rings. The van der Waals surface area contributed by atoms with E-state index in [0.717, 1.165) is 21.9 Å². The Kier molecular flexibility index (Phi) is 4.43. The van der Waals surface area contributed by atoms with Gasteiger partial charge in [0, 0.05) is 5.02 Å². The molecule has 0 unspecified atom stereocenters. The summed E-state index contributed by atoms with van der Waals surface area (Å²) < 4.78 is 5.44. The Morgan fingerprint density at radius 1 is 1.44 bits per heavy atom. The van der Waals surface area contributed by atoms with Crippen molar-refractivity contribution in [3.63, 3.8) is 0 Å². The summed E-state index contributed by atoms with van der Waals surface area (Å²) in [6, 6.07) is 3.17. The van der Waals surface area contributed by atoms with Gasteiger partial charge < -0.3 is 15.8 Å². The minimum absolute atomic E-state index is 0.378. The molecule has 0 aliphatic rings. The molecule has 0 aliphatic heterocycles. The van der Waals surface area contributed by atoms with Crippen molar-refractivity contribution in [1.82, 2.24) is 5.32 Å². The number of halogens is 1. The second-order valence-corrected chi connectivity index (χ2v) is 3.89. The molecule has 0 radical (unpaired) electrons. The van der Waals surface area contributed by atoms with Crippen LogP contribution in [-0.4, -0.2) is 19.2 Å². The number of ether oxygens (including phenoxy) is 1. The second-order valence-electron chi connectivity index (χ2n) is 3.51. The van der Waals surface area contributed by atoms with Gasteiger partial charge in [0.1, 0.15) is 12.4 Å². The first-order chi connectivity index (χ1) is 7.50. The highest BCUT2D eigenvalue weighted by atomic mass is 35.5. The lowest BCUT2D eigenvalue weighted by Crippen LogP contribution is -2.32. The molecule has 4 nitrogen and oxygen atoms in total. The van der Waals surface area contributed by atoms with Crippen LogP contribution >= 0.6 is 11.6 Å². The molecule has 88 valence electrons. The molecule has 0 saturated heterocycles. The van der Waals surface area contributed by atoms with Gasteiger partial charge in [-0.3, -0.25) is 0 Å². The predicted octanol–water partition coefficient (Wildman–Crippen LogP) is 2.00. The summed E-state index contributed by atoms with van der Waals surface area (Å²) in [7, 11) is 0. The van der Waals surface area contributed by atoms with Crippen molar-refractivity contribution in [2.45, 2.75) is 13.8 Å². The summed E-state index contributed by atoms with van der Waals surface area (Å²) in [4.78, 5) is 10.4. The second kappa shape index (κ2) is 5.61. The number of nitrogens with two attached hydrogens (primary N) is 1. The molecular formula is C11H15ClN2O2. The maximum Gasteiger partial charge on any atom is 0.312 e. The lowest BCUT2D eigenvalue weighted by atomic mass is 10.1. The summed E-state index contributed by atoms with van der Waals surface area (Å²) in [5.41, 5.74) is 6.86. The summed E-state index contributed by atoms with van der Waals surface area (Å²) in [5.74, 6) is 0.741. The standard InChI is InChI=1S/C11H15ClN2O2/c1-7-5-9(6-8(2)10(7)12)16-4-3-14-11(13)15/h5-6H,3-4H2,1-2H3,(H3,13,14,15). The van der Waals surface area contributed by atoms with E-state index in [1.54, 1.807) is 0 Å². The van der Waals surface area contributed by atoms with Crippen molar-refractivity contribution in [1.29, 1.82) is 0 Å². The lowest BCUT2D eigenvalue weighted by Gasteiger charge is -2.09. The van der Waals surface area contributed by atoms with Crippen LogP contribution in [0.3, 0.4) is 0 Å². The largest absolute Gasteiger partial charge is 0.492 e. The van der Waals surface area contributed by atoms with Crippen LogP contribution in [0.1, 0.15) is 11.1 Å². The van der Waals surface area contributed by atoms with E-state index in [2.05, 4.69) is 5.32 Å². The highest BCUT2D eigenvalue weighted by Gasteiger charge is 2.03. The van der Waals surface area contributed by atoms with Gasteiger partial charge in [-0.1, -0.05) is 11.6 Å². The van der Waals surface area contributed by atoms with Crippen LogP contribution in [0.5, 0.6) is 5.75 Å². The lowest BCUT2D eigenvalue weighted by molar-refractivity contribution is 0.244. The Balaban J connectivity index is 2.52. The third kappa shape index (κ3) is 3.62. The topological polar surface area (TPSA) is 64.3 Å². The molecular weight excluding hydrogens is 228 g/mol. The average molecular weight is 243 g/mol. The number of amides is 2. The average Bonchev–Trinajstić information content (AvgIpc) is 2.20. The van der Waals surface area contributed by atoms with Crippen molar-refractivity contribution in [2.75, 3.05) is 13.2 Å². The highest BCUT2D eigenvalue weighted by molar-refractivity contribution is 6.32. The molecule has 0 atom stereocenters. The van der Waals surface area contributed by atoms with Gasteiger partial charge in [0.2, 0.25) is 0 Å². The zero-order chi connectivity index (χ0) is 12.1. The van der Waals surface area contributed by atoms with Gasteiger partial charge in [-0.2, -0.15) is 0 Å². The van der Waals surface area contributed by atoms with Crippen molar-refractivity contribution in [2.24, 2.45) is 5.73 Å². The smallest absolute Gasteiger partial charge is 0.312 e. The molecule has 0 heterocycles. The van der Waals surface area contributed by atoms with Gasteiger partial charge in [-0.25, -0.2) is 4.79 Å². The molecule has 0 saturated carbocycles. The Morgan fingerprint density at radius 3 is 2.50 bits per heavy atom. The van der Waals surface area contributed by atoms with Crippen LogP contribution in [0.2, 0.25) is 5.02 Å². The minimum Gasteiger partial charge on any atom is -0.492 e. The van der Waals surface area contributed by atoms with Gasteiger partial charge in [-0.05, 0) is 37.1 Å². The fraction of sp³-hybridized carbons (Fsp3) is 0.364. The van der Waals surface area contributed by atoms with Gasteiger partial charge in [-0.15, -0.1) is 0 Å². The number of aryl methyl sites for hydroxylation is 2. The normalized spacial score (nSPS) is 9.94. The molecule has 16 heavy (non-hydrogen) atoms. The quantitative estimate of drug-likeness (QED) is 0.794. The van der Waals surface area contributed by atoms with Gasteiger partial charge in [0.05, 0.1) is 6.54 Å². The molecule has 0 aromatic heterocycles. The van der Waals surface area contributed by atoms with Gasteiger partial charge in [0.25, 0.3) is 0 Å². The number of primary amides is 1. The van der Waals surface area contributed by atoms with Crippen LogP contribution < -0.4 is 15.8 Å².